The van der Waals surface area contributed by atoms with Gasteiger partial charge in [0.1, 0.15) is 17.5 Å². The number of ether oxygens (including phenoxy) is 5. The highest BCUT2D eigenvalue weighted by Crippen LogP contribution is 2.35. The number of nitrogens with zero attached hydrogens (tertiary/aromatic N) is 1. The second-order valence-corrected chi connectivity index (χ2v) is 9.16. The summed E-state index contributed by atoms with van der Waals surface area (Å²) in [5.41, 5.74) is 2.77. The van der Waals surface area contributed by atoms with Crippen LogP contribution in [0.4, 0.5) is 5.69 Å². The van der Waals surface area contributed by atoms with Crippen LogP contribution in [0.25, 0.3) is 0 Å². The molecule has 2 heterocycles. The molecule has 2 aliphatic heterocycles. The van der Waals surface area contributed by atoms with Crippen LogP contribution in [-0.2, 0) is 30.4 Å². The third kappa shape index (κ3) is 6.60. The van der Waals surface area contributed by atoms with Crippen molar-refractivity contribution in [3.63, 3.8) is 0 Å². The van der Waals surface area contributed by atoms with Gasteiger partial charge in [-0.3, -0.25) is 9.59 Å². The van der Waals surface area contributed by atoms with Crippen molar-refractivity contribution in [2.75, 3.05) is 52.0 Å². The number of fused-ring (bicyclic) bond motifs is 1. The minimum atomic E-state index is -0.389. The van der Waals surface area contributed by atoms with Gasteiger partial charge in [-0.1, -0.05) is 18.2 Å². The Hall–Kier alpha value is -3.14. The number of anilines is 1. The second kappa shape index (κ2) is 12.9. The van der Waals surface area contributed by atoms with E-state index in [-0.39, 0.29) is 36.5 Å². The molecule has 1 fully saturated rings. The molecule has 0 aliphatic carbocycles. The number of amides is 1. The number of hydrogen-bond acceptors (Lipinski definition) is 8. The first-order valence-electron chi connectivity index (χ1n) is 12.7. The molecule has 2 unspecified atom stereocenters. The molecule has 0 radical (unpaired) electrons. The van der Waals surface area contributed by atoms with E-state index >= 15 is 0 Å². The predicted molar refractivity (Wildman–Crippen MR) is 138 cm³/mol. The molecule has 0 bridgehead atoms. The highest BCUT2D eigenvalue weighted by molar-refractivity contribution is 5.97. The zero-order valence-corrected chi connectivity index (χ0v) is 21.7. The third-order valence-corrected chi connectivity index (χ3v) is 6.78. The van der Waals surface area contributed by atoms with E-state index in [1.165, 1.54) is 0 Å². The van der Waals surface area contributed by atoms with Gasteiger partial charge >= 0.3 is 5.97 Å². The lowest BCUT2D eigenvalue weighted by molar-refractivity contribution is -0.147. The van der Waals surface area contributed by atoms with Crippen LogP contribution >= 0.6 is 0 Å². The predicted octanol–water partition coefficient (Wildman–Crippen LogP) is 3.05. The van der Waals surface area contributed by atoms with E-state index in [4.69, 9.17) is 23.7 Å². The summed E-state index contributed by atoms with van der Waals surface area (Å²) >= 11 is 0. The molecule has 37 heavy (non-hydrogen) atoms. The number of carbonyl (C=O) groups excluding carboxylic acids is 2. The maximum absolute atomic E-state index is 12.5. The Kier molecular flexibility index (Phi) is 9.38. The van der Waals surface area contributed by atoms with Crippen molar-refractivity contribution in [2.24, 2.45) is 0 Å². The Labute approximate surface area is 218 Å². The lowest BCUT2D eigenvalue weighted by atomic mass is 9.84. The number of benzene rings is 2. The van der Waals surface area contributed by atoms with Gasteiger partial charge in [0.25, 0.3) is 5.91 Å². The Morgan fingerprint density at radius 1 is 1.16 bits per heavy atom. The maximum atomic E-state index is 12.5. The molecule has 200 valence electrons. The number of hydrogen-bond donors (Lipinski definition) is 1. The number of methoxy groups -OCH3 is 2. The van der Waals surface area contributed by atoms with Gasteiger partial charge in [-0.2, -0.15) is 0 Å². The van der Waals surface area contributed by atoms with E-state index in [9.17, 15) is 9.59 Å². The summed E-state index contributed by atoms with van der Waals surface area (Å²) in [6.45, 7) is 4.20. The van der Waals surface area contributed by atoms with Crippen LogP contribution in [0.1, 0.15) is 36.8 Å². The molecule has 4 rings (SSSR count). The molecule has 9 nitrogen and oxygen atoms in total. The van der Waals surface area contributed by atoms with Gasteiger partial charge in [0.05, 0.1) is 32.1 Å². The van der Waals surface area contributed by atoms with E-state index in [2.05, 4.69) is 5.32 Å². The van der Waals surface area contributed by atoms with E-state index in [1.54, 1.807) is 19.1 Å². The maximum Gasteiger partial charge on any atom is 0.323 e. The minimum Gasteiger partial charge on any atom is -0.497 e. The Morgan fingerprint density at radius 2 is 1.97 bits per heavy atom. The van der Waals surface area contributed by atoms with Crippen molar-refractivity contribution in [1.82, 2.24) is 5.32 Å². The third-order valence-electron chi connectivity index (χ3n) is 6.78. The molecule has 3 atom stereocenters. The molecule has 9 heteroatoms. The quantitative estimate of drug-likeness (QED) is 0.363. The van der Waals surface area contributed by atoms with Crippen LogP contribution in [0.2, 0.25) is 0 Å². The second-order valence-electron chi connectivity index (χ2n) is 9.16. The van der Waals surface area contributed by atoms with Crippen LogP contribution in [-0.4, -0.2) is 71.2 Å². The fourth-order valence-electron chi connectivity index (χ4n) is 4.84. The van der Waals surface area contributed by atoms with Gasteiger partial charge in [0, 0.05) is 32.7 Å². The summed E-state index contributed by atoms with van der Waals surface area (Å²) in [6.07, 6.45) is 1.14. The van der Waals surface area contributed by atoms with E-state index in [0.29, 0.717) is 45.1 Å². The largest absolute Gasteiger partial charge is 0.497 e. The normalized spacial score (nSPS) is 21.2. The Balaban J connectivity index is 1.49. The SMILES string of the molecule is CCOC(=O)C1CC(c2ccc(OC)cc2)[C@@H](OCc2ccc3c(c2)N(CCCOC)C(=O)CO3)CN1. The van der Waals surface area contributed by atoms with E-state index in [0.717, 1.165) is 29.0 Å². The minimum absolute atomic E-state index is 0.00496. The Bertz CT molecular complexity index is 1060. The van der Waals surface area contributed by atoms with Gasteiger partial charge in [-0.05, 0) is 55.2 Å². The molecular formula is C28H36N2O7. The van der Waals surface area contributed by atoms with Gasteiger partial charge in [-0.25, -0.2) is 0 Å². The molecule has 2 aromatic rings. The van der Waals surface area contributed by atoms with Gasteiger partial charge in [0.2, 0.25) is 0 Å². The first kappa shape index (κ1) is 26.9. The number of carbonyl (C=O) groups is 2. The Morgan fingerprint density at radius 3 is 2.70 bits per heavy atom. The molecule has 0 aromatic heterocycles. The highest BCUT2D eigenvalue weighted by Gasteiger charge is 2.36. The number of esters is 1. The van der Waals surface area contributed by atoms with Crippen LogP contribution in [0.15, 0.2) is 42.5 Å². The smallest absolute Gasteiger partial charge is 0.323 e. The molecule has 1 N–H and O–H groups in total. The van der Waals surface area contributed by atoms with Crippen molar-refractivity contribution in [3.8, 4) is 11.5 Å². The van der Waals surface area contributed by atoms with E-state index in [1.807, 2.05) is 49.4 Å². The molecule has 0 spiro atoms. The summed E-state index contributed by atoms with van der Waals surface area (Å²) in [5, 5.41) is 3.29. The average Bonchev–Trinajstić information content (AvgIpc) is 2.93. The number of piperidine rings is 1. The summed E-state index contributed by atoms with van der Waals surface area (Å²) in [6, 6.07) is 13.3. The fraction of sp³-hybridized carbons (Fsp3) is 0.500. The van der Waals surface area contributed by atoms with Crippen molar-refractivity contribution in [2.45, 2.75) is 44.4 Å². The van der Waals surface area contributed by atoms with Crippen LogP contribution in [0, 0.1) is 0 Å². The molecule has 0 saturated carbocycles. The van der Waals surface area contributed by atoms with Gasteiger partial charge < -0.3 is 33.9 Å². The first-order chi connectivity index (χ1) is 18.0. The van der Waals surface area contributed by atoms with Crippen LogP contribution in [0.3, 0.4) is 0 Å². The number of rotatable bonds is 11. The topological polar surface area (TPSA) is 95.6 Å². The summed E-state index contributed by atoms with van der Waals surface area (Å²) in [4.78, 5) is 26.7. The first-order valence-corrected chi connectivity index (χ1v) is 12.7. The van der Waals surface area contributed by atoms with Crippen molar-refractivity contribution < 1.29 is 33.3 Å². The standard InChI is InChI=1S/C28H36N2O7/c1-4-35-28(32)23-15-22(20-7-9-21(34-3)10-8-20)26(16-29-23)36-17-19-6-11-25-24(14-19)30(12-5-13-33-2)27(31)18-37-25/h6-11,14,22-23,26,29H,4-5,12-13,15-18H2,1-3H3/t22?,23?,26-/m0/s1. The van der Waals surface area contributed by atoms with Crippen molar-refractivity contribution in [3.05, 3.63) is 53.6 Å². The average molecular weight is 513 g/mol. The molecule has 2 aromatic carbocycles. The van der Waals surface area contributed by atoms with Gasteiger partial charge in [0.15, 0.2) is 6.61 Å². The summed E-state index contributed by atoms with van der Waals surface area (Å²) in [5.74, 6) is 1.15. The molecule has 1 saturated heterocycles. The monoisotopic (exact) mass is 512 g/mol. The molecule has 2 aliphatic rings. The number of nitrogens with one attached hydrogen (secondary N) is 1. The van der Waals surface area contributed by atoms with Gasteiger partial charge in [-0.15, -0.1) is 0 Å². The summed E-state index contributed by atoms with van der Waals surface area (Å²) in [7, 11) is 3.29. The zero-order chi connectivity index (χ0) is 26.2. The molecular weight excluding hydrogens is 476 g/mol. The highest BCUT2D eigenvalue weighted by atomic mass is 16.5. The summed E-state index contributed by atoms with van der Waals surface area (Å²) < 4.78 is 27.8. The van der Waals surface area contributed by atoms with Crippen LogP contribution < -0.4 is 19.7 Å². The van der Waals surface area contributed by atoms with E-state index < -0.39 is 0 Å². The van der Waals surface area contributed by atoms with Crippen LogP contribution in [0.5, 0.6) is 11.5 Å². The van der Waals surface area contributed by atoms with Crippen molar-refractivity contribution >= 4 is 17.6 Å². The lowest BCUT2D eigenvalue weighted by Gasteiger charge is -2.36. The lowest BCUT2D eigenvalue weighted by Crippen LogP contribution is -2.51. The fourth-order valence-corrected chi connectivity index (χ4v) is 4.84. The molecule has 1 amide bonds. The zero-order valence-electron chi connectivity index (χ0n) is 21.7. The van der Waals surface area contributed by atoms with Crippen molar-refractivity contribution in [1.29, 1.82) is 0 Å².